The highest BCUT2D eigenvalue weighted by Crippen LogP contribution is 2.23. The van der Waals surface area contributed by atoms with Crippen LogP contribution in [0.15, 0.2) is 24.3 Å². The van der Waals surface area contributed by atoms with Crippen molar-refractivity contribution in [3.8, 4) is 0 Å². The maximum absolute atomic E-state index is 12.5. The Morgan fingerprint density at radius 3 is 2.21 bits per heavy atom. The van der Waals surface area contributed by atoms with Gasteiger partial charge in [0.15, 0.2) is 0 Å². The molecule has 0 amide bonds. The molecule has 0 heterocycles. The van der Waals surface area contributed by atoms with E-state index in [-0.39, 0.29) is 11.6 Å². The molecule has 1 aromatic rings. The van der Waals surface area contributed by atoms with Crippen molar-refractivity contribution in [3.05, 3.63) is 35.4 Å². The summed E-state index contributed by atoms with van der Waals surface area (Å²) in [6.07, 6.45) is -2.43. The molecule has 2 N–H and O–H groups in total. The number of benzene rings is 1. The molecule has 1 aromatic carbocycles. The van der Waals surface area contributed by atoms with Crippen molar-refractivity contribution in [2.24, 2.45) is 5.73 Å². The quantitative estimate of drug-likeness (QED) is 0.790. The van der Waals surface area contributed by atoms with E-state index in [9.17, 15) is 8.78 Å². The van der Waals surface area contributed by atoms with Gasteiger partial charge in [0, 0.05) is 31.8 Å². The molecular formula is C14H22F2N2O. The lowest BCUT2D eigenvalue weighted by atomic mass is 10.0. The van der Waals surface area contributed by atoms with Crippen LogP contribution in [-0.4, -0.2) is 38.3 Å². The van der Waals surface area contributed by atoms with E-state index in [1.54, 1.807) is 19.2 Å². The van der Waals surface area contributed by atoms with Gasteiger partial charge in [-0.2, -0.15) is 0 Å². The van der Waals surface area contributed by atoms with Gasteiger partial charge in [-0.05, 0) is 12.1 Å². The number of halogens is 2. The maximum Gasteiger partial charge on any atom is 0.263 e. The lowest BCUT2D eigenvalue weighted by molar-refractivity contribution is 0.125. The molecule has 0 aliphatic heterocycles. The molecule has 0 aliphatic rings. The average molecular weight is 272 g/mol. The monoisotopic (exact) mass is 272 g/mol. The van der Waals surface area contributed by atoms with Crippen LogP contribution in [0.3, 0.4) is 0 Å². The average Bonchev–Trinajstić information content (AvgIpc) is 2.43. The highest BCUT2D eigenvalue weighted by Gasteiger charge is 2.18. The normalized spacial score (nSPS) is 13.2. The van der Waals surface area contributed by atoms with Crippen LogP contribution < -0.4 is 5.73 Å². The van der Waals surface area contributed by atoms with E-state index in [1.807, 2.05) is 6.92 Å². The molecule has 0 saturated carbocycles. The van der Waals surface area contributed by atoms with Gasteiger partial charge in [0.1, 0.15) is 0 Å². The fraction of sp³-hybridized carbons (Fsp3) is 0.571. The molecule has 0 radical (unpaired) electrons. The molecule has 5 heteroatoms. The van der Waals surface area contributed by atoms with Crippen LogP contribution in [0.4, 0.5) is 8.78 Å². The minimum absolute atomic E-state index is 0.0341. The lowest BCUT2D eigenvalue weighted by Gasteiger charge is -2.30. The van der Waals surface area contributed by atoms with Crippen LogP contribution in [0.25, 0.3) is 0 Å². The summed E-state index contributed by atoms with van der Waals surface area (Å²) in [5.41, 5.74) is 6.82. The summed E-state index contributed by atoms with van der Waals surface area (Å²) in [7, 11) is 1.66. The Hall–Kier alpha value is -1.04. The van der Waals surface area contributed by atoms with E-state index < -0.39 is 6.43 Å². The van der Waals surface area contributed by atoms with Crippen molar-refractivity contribution >= 4 is 0 Å². The summed E-state index contributed by atoms with van der Waals surface area (Å²) in [5, 5.41) is 0. The van der Waals surface area contributed by atoms with E-state index in [0.717, 1.165) is 18.7 Å². The molecule has 0 bridgehead atoms. The van der Waals surface area contributed by atoms with E-state index in [4.69, 9.17) is 10.5 Å². The first-order valence-electron chi connectivity index (χ1n) is 6.45. The maximum atomic E-state index is 12.5. The third kappa shape index (κ3) is 4.53. The summed E-state index contributed by atoms with van der Waals surface area (Å²) in [6, 6.07) is 6.43. The van der Waals surface area contributed by atoms with Crippen molar-refractivity contribution in [2.75, 3.05) is 33.4 Å². The molecule has 3 nitrogen and oxygen atoms in total. The van der Waals surface area contributed by atoms with Gasteiger partial charge in [-0.15, -0.1) is 0 Å². The van der Waals surface area contributed by atoms with Gasteiger partial charge in [-0.3, -0.25) is 4.90 Å². The molecule has 19 heavy (non-hydrogen) atoms. The van der Waals surface area contributed by atoms with Crippen LogP contribution in [0.1, 0.15) is 30.5 Å². The standard InChI is InChI=1S/C14H22F2N2O/c1-3-18(8-9-19-2)13(10-17)11-4-6-12(7-5-11)14(15)16/h4-7,13-14H,3,8-10,17H2,1-2H3. The summed E-state index contributed by atoms with van der Waals surface area (Å²) in [6.45, 7) is 4.73. The molecule has 1 unspecified atom stereocenters. The second-order valence-electron chi connectivity index (χ2n) is 4.34. The molecule has 1 atom stereocenters. The predicted octanol–water partition coefficient (Wildman–Crippen LogP) is 2.59. The van der Waals surface area contributed by atoms with Gasteiger partial charge < -0.3 is 10.5 Å². The van der Waals surface area contributed by atoms with Gasteiger partial charge in [0.2, 0.25) is 0 Å². The first-order chi connectivity index (χ1) is 9.13. The third-order valence-electron chi connectivity index (χ3n) is 3.23. The number of nitrogens with two attached hydrogens (primary N) is 1. The first-order valence-corrected chi connectivity index (χ1v) is 6.45. The molecule has 0 saturated heterocycles. The molecule has 0 aliphatic carbocycles. The van der Waals surface area contributed by atoms with Crippen LogP contribution in [-0.2, 0) is 4.74 Å². The van der Waals surface area contributed by atoms with Crippen molar-refractivity contribution in [3.63, 3.8) is 0 Å². The number of hydrogen-bond acceptors (Lipinski definition) is 3. The van der Waals surface area contributed by atoms with Crippen LogP contribution in [0, 0.1) is 0 Å². The molecule has 0 aromatic heterocycles. The lowest BCUT2D eigenvalue weighted by Crippen LogP contribution is -2.36. The SMILES string of the molecule is CCN(CCOC)C(CN)c1ccc(C(F)F)cc1. The Kier molecular flexibility index (Phi) is 6.91. The van der Waals surface area contributed by atoms with Gasteiger partial charge in [0.25, 0.3) is 6.43 Å². The van der Waals surface area contributed by atoms with Gasteiger partial charge >= 0.3 is 0 Å². The number of ether oxygens (including phenoxy) is 1. The molecule has 0 fully saturated rings. The third-order valence-corrected chi connectivity index (χ3v) is 3.23. The minimum Gasteiger partial charge on any atom is -0.383 e. The zero-order valence-corrected chi connectivity index (χ0v) is 11.5. The number of rotatable bonds is 8. The van der Waals surface area contributed by atoms with Crippen LogP contribution in [0.5, 0.6) is 0 Å². The number of nitrogens with zero attached hydrogens (tertiary/aromatic N) is 1. The molecule has 108 valence electrons. The van der Waals surface area contributed by atoms with Gasteiger partial charge in [0.05, 0.1) is 6.61 Å². The largest absolute Gasteiger partial charge is 0.383 e. The fourth-order valence-corrected chi connectivity index (χ4v) is 2.10. The second kappa shape index (κ2) is 8.19. The summed E-state index contributed by atoms with van der Waals surface area (Å²) in [4.78, 5) is 2.18. The Balaban J connectivity index is 2.82. The fourth-order valence-electron chi connectivity index (χ4n) is 2.10. The molecule has 0 spiro atoms. The molecular weight excluding hydrogens is 250 g/mol. The van der Waals surface area contributed by atoms with E-state index >= 15 is 0 Å². The number of alkyl halides is 2. The van der Waals surface area contributed by atoms with Crippen molar-refractivity contribution in [2.45, 2.75) is 19.4 Å². The second-order valence-corrected chi connectivity index (χ2v) is 4.34. The number of methoxy groups -OCH3 is 1. The Bertz CT molecular complexity index is 357. The van der Waals surface area contributed by atoms with E-state index in [2.05, 4.69) is 4.90 Å². The molecule has 1 rings (SSSR count). The van der Waals surface area contributed by atoms with Gasteiger partial charge in [-0.1, -0.05) is 31.2 Å². The highest BCUT2D eigenvalue weighted by atomic mass is 19.3. The zero-order chi connectivity index (χ0) is 14.3. The van der Waals surface area contributed by atoms with Crippen molar-refractivity contribution in [1.29, 1.82) is 0 Å². The van der Waals surface area contributed by atoms with Crippen LogP contribution >= 0.6 is 0 Å². The van der Waals surface area contributed by atoms with E-state index in [1.165, 1.54) is 12.1 Å². The minimum atomic E-state index is -2.43. The topological polar surface area (TPSA) is 38.5 Å². The van der Waals surface area contributed by atoms with E-state index in [0.29, 0.717) is 13.2 Å². The Morgan fingerprint density at radius 1 is 1.21 bits per heavy atom. The summed E-state index contributed by atoms with van der Waals surface area (Å²) in [5.74, 6) is 0. The number of likely N-dealkylation sites (N-methyl/N-ethyl adjacent to an activating group) is 1. The summed E-state index contributed by atoms with van der Waals surface area (Å²) >= 11 is 0. The van der Waals surface area contributed by atoms with Crippen molar-refractivity contribution in [1.82, 2.24) is 4.90 Å². The Morgan fingerprint density at radius 2 is 1.79 bits per heavy atom. The Labute approximate surface area is 113 Å². The first kappa shape index (κ1) is 16.0. The zero-order valence-electron chi connectivity index (χ0n) is 11.5. The van der Waals surface area contributed by atoms with Crippen LogP contribution in [0.2, 0.25) is 0 Å². The smallest absolute Gasteiger partial charge is 0.263 e. The predicted molar refractivity (Wildman–Crippen MR) is 72.3 cm³/mol. The highest BCUT2D eigenvalue weighted by molar-refractivity contribution is 5.26. The summed E-state index contributed by atoms with van der Waals surface area (Å²) < 4.78 is 30.1. The number of hydrogen-bond donors (Lipinski definition) is 1. The van der Waals surface area contributed by atoms with Gasteiger partial charge in [-0.25, -0.2) is 8.78 Å². The van der Waals surface area contributed by atoms with Crippen molar-refractivity contribution < 1.29 is 13.5 Å².